The molecule has 1 aliphatic rings. The van der Waals surface area contributed by atoms with E-state index in [1.54, 1.807) is 0 Å². The number of nitrogens with two attached hydrogens (primary N) is 2. The molecule has 1 aliphatic heterocycles. The monoisotopic (exact) mass is 768 g/mol. The van der Waals surface area contributed by atoms with Crippen molar-refractivity contribution in [2.24, 2.45) is 0 Å². The third kappa shape index (κ3) is 6.47. The summed E-state index contributed by atoms with van der Waals surface area (Å²) in [4.78, 5) is 12.9. The molecular formula is C48H41FN6O3. The molecule has 58 heavy (non-hydrogen) atoms. The molecule has 0 amide bonds. The fraction of sp³-hybridized carbons (Fsp3) is 0.146. The standard InChI is InChI=1S/C48H41FN6O3/c49-40-42(58-48(36-25-13-4-14-26-36,37-27-15-5-16-28-37)38-29-17-6-18-30-38)39(57-45(40)55-32-52-41-43(50)53-46(51)54-44(41)55)31-56-47(33-19-7-1-8-20-33,34-21-9-2-10-22-34)35-23-11-3-12-24-35/h1-30,32,39-40,42,45H,31H2,(H4,50,51,53,54)/t39-,40-,42-,45-/m1/s1. The van der Waals surface area contributed by atoms with Crippen molar-refractivity contribution in [3.8, 4) is 0 Å². The van der Waals surface area contributed by atoms with Crippen LogP contribution in [-0.2, 0) is 25.4 Å². The minimum atomic E-state index is -1.77. The average molecular weight is 769 g/mol. The van der Waals surface area contributed by atoms with Crippen molar-refractivity contribution in [2.45, 2.75) is 35.8 Å². The number of nitrogens with zero attached hydrogens (tertiary/aromatic N) is 4. The second-order valence-electron chi connectivity index (χ2n) is 14.3. The Hall–Kier alpha value is -6.72. The summed E-state index contributed by atoms with van der Waals surface area (Å²) in [5.41, 5.74) is 15.5. The lowest BCUT2D eigenvalue weighted by molar-refractivity contribution is -0.128. The summed E-state index contributed by atoms with van der Waals surface area (Å²) in [6.07, 6.45) is -3.75. The van der Waals surface area contributed by atoms with Gasteiger partial charge in [-0.25, -0.2) is 9.37 Å². The molecular weight excluding hydrogens is 728 g/mol. The van der Waals surface area contributed by atoms with Gasteiger partial charge in [0.05, 0.1) is 12.9 Å². The molecule has 8 aromatic rings. The largest absolute Gasteiger partial charge is 0.382 e. The molecule has 9 rings (SSSR count). The van der Waals surface area contributed by atoms with E-state index in [0.29, 0.717) is 0 Å². The summed E-state index contributed by atoms with van der Waals surface area (Å²) < 4.78 is 41.1. The van der Waals surface area contributed by atoms with Crippen molar-refractivity contribution in [1.29, 1.82) is 0 Å². The zero-order valence-electron chi connectivity index (χ0n) is 31.5. The van der Waals surface area contributed by atoms with Crippen molar-refractivity contribution in [3.05, 3.63) is 222 Å². The predicted octanol–water partition coefficient (Wildman–Crippen LogP) is 8.61. The number of benzene rings is 6. The second-order valence-corrected chi connectivity index (χ2v) is 14.3. The molecule has 1 saturated heterocycles. The van der Waals surface area contributed by atoms with Crippen molar-refractivity contribution >= 4 is 22.9 Å². The van der Waals surface area contributed by atoms with Crippen LogP contribution in [0.25, 0.3) is 11.2 Å². The fourth-order valence-electron chi connectivity index (χ4n) is 8.24. The van der Waals surface area contributed by atoms with Crippen LogP contribution in [0.2, 0.25) is 0 Å². The van der Waals surface area contributed by atoms with Crippen LogP contribution in [0.15, 0.2) is 188 Å². The Morgan fingerprint density at radius 3 is 1.38 bits per heavy atom. The van der Waals surface area contributed by atoms with Crippen molar-refractivity contribution in [2.75, 3.05) is 18.1 Å². The zero-order valence-corrected chi connectivity index (χ0v) is 31.5. The van der Waals surface area contributed by atoms with Gasteiger partial charge in [-0.2, -0.15) is 9.97 Å². The maximum absolute atomic E-state index is 18.0. The highest BCUT2D eigenvalue weighted by Gasteiger charge is 2.53. The van der Waals surface area contributed by atoms with E-state index >= 15 is 4.39 Å². The number of anilines is 2. The molecule has 288 valence electrons. The summed E-state index contributed by atoms with van der Waals surface area (Å²) in [5.74, 6) is 0.0133. The second kappa shape index (κ2) is 15.7. The number of aromatic nitrogens is 4. The van der Waals surface area contributed by atoms with E-state index in [2.05, 4.69) is 15.0 Å². The molecule has 9 nitrogen and oxygen atoms in total. The number of rotatable bonds is 12. The van der Waals surface area contributed by atoms with E-state index in [0.717, 1.165) is 33.4 Å². The summed E-state index contributed by atoms with van der Waals surface area (Å²) in [5, 5.41) is 0. The Morgan fingerprint density at radius 2 is 0.966 bits per heavy atom. The molecule has 0 saturated carbocycles. The normalized spacial score (nSPS) is 18.4. The molecule has 4 N–H and O–H groups in total. The van der Waals surface area contributed by atoms with Crippen LogP contribution < -0.4 is 11.5 Å². The van der Waals surface area contributed by atoms with E-state index in [1.807, 2.05) is 182 Å². The highest BCUT2D eigenvalue weighted by Crippen LogP contribution is 2.47. The molecule has 0 radical (unpaired) electrons. The van der Waals surface area contributed by atoms with Gasteiger partial charge >= 0.3 is 0 Å². The number of fused-ring (bicyclic) bond motifs is 1. The first kappa shape index (κ1) is 36.9. The van der Waals surface area contributed by atoms with Gasteiger partial charge in [0.2, 0.25) is 5.95 Å². The minimum absolute atomic E-state index is 0.0672. The SMILES string of the molecule is Nc1nc(N)c2ncn([C@@H]3O[C@H](COC(c4ccccc4)(c4ccccc4)c4ccccc4)[C@@H](OC(c4ccccc4)(c4ccccc4)c4ccccc4)[C@H]3F)c2n1. The molecule has 2 aromatic heterocycles. The lowest BCUT2D eigenvalue weighted by Crippen LogP contribution is -2.45. The fourth-order valence-corrected chi connectivity index (χ4v) is 8.24. The van der Waals surface area contributed by atoms with Gasteiger partial charge in [0, 0.05) is 0 Å². The van der Waals surface area contributed by atoms with Crippen LogP contribution >= 0.6 is 0 Å². The first-order chi connectivity index (χ1) is 28.5. The smallest absolute Gasteiger partial charge is 0.224 e. The molecule has 1 fully saturated rings. The molecule has 0 aliphatic carbocycles. The van der Waals surface area contributed by atoms with Crippen LogP contribution in [0.5, 0.6) is 0 Å². The van der Waals surface area contributed by atoms with E-state index in [1.165, 1.54) is 10.9 Å². The quantitative estimate of drug-likeness (QED) is 0.119. The van der Waals surface area contributed by atoms with Gasteiger partial charge in [0.1, 0.15) is 28.9 Å². The van der Waals surface area contributed by atoms with Crippen molar-refractivity contribution in [1.82, 2.24) is 19.5 Å². The summed E-state index contributed by atoms with van der Waals surface area (Å²) in [7, 11) is 0. The Balaban J connectivity index is 1.22. The topological polar surface area (TPSA) is 123 Å². The van der Waals surface area contributed by atoms with E-state index < -0.39 is 35.8 Å². The minimum Gasteiger partial charge on any atom is -0.382 e. The van der Waals surface area contributed by atoms with Crippen LogP contribution in [-0.4, -0.2) is 44.5 Å². The Kier molecular flexibility index (Phi) is 9.97. The summed E-state index contributed by atoms with van der Waals surface area (Å²) in [6.45, 7) is -0.0827. The maximum Gasteiger partial charge on any atom is 0.224 e. The van der Waals surface area contributed by atoms with Crippen LogP contribution in [0.4, 0.5) is 16.2 Å². The number of alkyl halides is 1. The van der Waals surface area contributed by atoms with Gasteiger partial charge in [-0.15, -0.1) is 0 Å². The van der Waals surface area contributed by atoms with Crippen LogP contribution in [0, 0.1) is 0 Å². The molecule has 4 atom stereocenters. The maximum atomic E-state index is 18.0. The molecule has 3 heterocycles. The van der Waals surface area contributed by atoms with E-state index in [4.69, 9.17) is 25.7 Å². The molecule has 0 unspecified atom stereocenters. The lowest BCUT2D eigenvalue weighted by Gasteiger charge is -2.40. The third-order valence-electron chi connectivity index (χ3n) is 10.9. The van der Waals surface area contributed by atoms with Gasteiger partial charge in [0.25, 0.3) is 0 Å². The van der Waals surface area contributed by atoms with E-state index in [9.17, 15) is 0 Å². The Morgan fingerprint density at radius 1 is 0.569 bits per heavy atom. The lowest BCUT2D eigenvalue weighted by atomic mass is 9.79. The number of halogens is 1. The van der Waals surface area contributed by atoms with Gasteiger partial charge in [0.15, 0.2) is 23.9 Å². The van der Waals surface area contributed by atoms with Gasteiger partial charge in [-0.1, -0.05) is 182 Å². The first-order valence-corrected chi connectivity index (χ1v) is 19.2. The van der Waals surface area contributed by atoms with Gasteiger partial charge < -0.3 is 25.7 Å². The molecule has 6 aromatic carbocycles. The van der Waals surface area contributed by atoms with Crippen LogP contribution in [0.3, 0.4) is 0 Å². The first-order valence-electron chi connectivity index (χ1n) is 19.2. The van der Waals surface area contributed by atoms with Crippen molar-refractivity contribution in [3.63, 3.8) is 0 Å². The average Bonchev–Trinajstić information content (AvgIpc) is 3.84. The molecule has 0 spiro atoms. The Bertz CT molecular complexity index is 2390. The predicted molar refractivity (Wildman–Crippen MR) is 222 cm³/mol. The van der Waals surface area contributed by atoms with Gasteiger partial charge in [-0.3, -0.25) is 4.57 Å². The highest BCUT2D eigenvalue weighted by molar-refractivity contribution is 5.82. The summed E-state index contributed by atoms with van der Waals surface area (Å²) >= 11 is 0. The molecule has 0 bridgehead atoms. The zero-order chi connectivity index (χ0) is 39.5. The van der Waals surface area contributed by atoms with Crippen LogP contribution in [0.1, 0.15) is 39.6 Å². The Labute approximate surface area is 335 Å². The molecule has 10 heteroatoms. The van der Waals surface area contributed by atoms with E-state index in [-0.39, 0.29) is 29.5 Å². The number of ether oxygens (including phenoxy) is 3. The number of hydrogen-bond donors (Lipinski definition) is 2. The van der Waals surface area contributed by atoms with Crippen molar-refractivity contribution < 1.29 is 18.6 Å². The number of imidazole rings is 1. The summed E-state index contributed by atoms with van der Waals surface area (Å²) in [6, 6.07) is 59.7. The highest BCUT2D eigenvalue weighted by atomic mass is 19.1. The third-order valence-corrected chi connectivity index (χ3v) is 10.9. The van der Waals surface area contributed by atoms with Gasteiger partial charge in [-0.05, 0) is 33.4 Å². The number of nitrogen functional groups attached to an aromatic ring is 2. The number of hydrogen-bond acceptors (Lipinski definition) is 8.